The van der Waals surface area contributed by atoms with Gasteiger partial charge in [0, 0.05) is 5.92 Å². The molecule has 0 saturated heterocycles. The van der Waals surface area contributed by atoms with Crippen molar-refractivity contribution in [2.24, 2.45) is 0 Å². The lowest BCUT2D eigenvalue weighted by molar-refractivity contribution is -0.142. The minimum atomic E-state index is -4.37. The van der Waals surface area contributed by atoms with Crippen LogP contribution in [0.1, 0.15) is 65.0 Å². The summed E-state index contributed by atoms with van der Waals surface area (Å²) in [6.07, 6.45) is -3.92. The van der Waals surface area contributed by atoms with E-state index in [1.54, 1.807) is 24.3 Å². The number of alkyl halides is 6. The summed E-state index contributed by atoms with van der Waals surface area (Å²) in [6.45, 7) is 2.47. The molecule has 6 rings (SSSR count). The van der Waals surface area contributed by atoms with Crippen molar-refractivity contribution < 1.29 is 59.7 Å². The molecule has 0 N–H and O–H groups in total. The monoisotopic (exact) mass is 896 g/mol. The largest absolute Gasteiger partial charge is 0.489 e. The summed E-state index contributed by atoms with van der Waals surface area (Å²) < 4.78 is 97.7. The maximum absolute atomic E-state index is 12.8. The fourth-order valence-corrected chi connectivity index (χ4v) is 6.64. The number of methoxy groups -OCH3 is 2. The van der Waals surface area contributed by atoms with Gasteiger partial charge in [-0.1, -0.05) is 97.1 Å². The van der Waals surface area contributed by atoms with Gasteiger partial charge in [0.1, 0.15) is 31.0 Å². The molecule has 7 nitrogen and oxygen atoms in total. The molecule has 13 heteroatoms. The Hall–Kier alpha value is -7.15. The molecule has 0 aromatic heterocycles. The average Bonchev–Trinajstić information content (AvgIpc) is 3.32. The number of hydrogen-bond donors (Lipinski definition) is 0. The Morgan fingerprint density at radius 2 is 0.908 bits per heavy atom. The maximum atomic E-state index is 12.8. The smallest absolute Gasteiger partial charge is 0.416 e. The first kappa shape index (κ1) is 48.9. The van der Waals surface area contributed by atoms with Crippen molar-refractivity contribution in [3.8, 4) is 33.8 Å². The minimum absolute atomic E-state index is 0.0308. The molecule has 0 radical (unpaired) electrons. The van der Waals surface area contributed by atoms with Gasteiger partial charge in [0.05, 0.1) is 44.1 Å². The Labute approximate surface area is 373 Å². The van der Waals surface area contributed by atoms with E-state index in [0.717, 1.165) is 52.1 Å². The SMILES string of the molecule is C/C=C\[C@@H](CC(=O)OC)c1ccc(OCc2cccc(-c3ccc(C(F)(F)F)cc3)c2)cc1.COC(=O)C[C@H](C=O)c1ccc(OCc2cccc(-c3ccc(C(F)(F)F)cc3)c2)cc1. The lowest BCUT2D eigenvalue weighted by Crippen LogP contribution is -2.09. The molecule has 338 valence electrons. The number of allylic oxidation sites excluding steroid dienone is 2. The summed E-state index contributed by atoms with van der Waals surface area (Å²) in [5.74, 6) is -0.136. The van der Waals surface area contributed by atoms with E-state index in [2.05, 4.69) is 4.74 Å². The van der Waals surface area contributed by atoms with Crippen molar-refractivity contribution in [3.05, 3.63) is 191 Å². The number of benzene rings is 6. The highest BCUT2D eigenvalue weighted by molar-refractivity contribution is 5.77. The quantitative estimate of drug-likeness (QED) is 0.0414. The number of rotatable bonds is 16. The van der Waals surface area contributed by atoms with Gasteiger partial charge in [-0.25, -0.2) is 0 Å². The average molecular weight is 897 g/mol. The molecule has 0 heterocycles. The van der Waals surface area contributed by atoms with Crippen molar-refractivity contribution in [1.29, 1.82) is 0 Å². The van der Waals surface area contributed by atoms with Crippen molar-refractivity contribution >= 4 is 18.2 Å². The molecule has 0 saturated carbocycles. The van der Waals surface area contributed by atoms with Crippen molar-refractivity contribution in [1.82, 2.24) is 0 Å². The van der Waals surface area contributed by atoms with Gasteiger partial charge < -0.3 is 23.7 Å². The number of carbonyl (C=O) groups excluding carboxylic acids is 3. The van der Waals surface area contributed by atoms with Gasteiger partial charge >= 0.3 is 24.3 Å². The van der Waals surface area contributed by atoms with Crippen molar-refractivity contribution in [2.45, 2.75) is 57.2 Å². The first-order chi connectivity index (χ1) is 31.1. The van der Waals surface area contributed by atoms with E-state index in [1.165, 1.54) is 38.5 Å². The zero-order valence-electron chi connectivity index (χ0n) is 35.7. The fraction of sp³-hybridized carbons (Fsp3) is 0.212. The predicted molar refractivity (Wildman–Crippen MR) is 235 cm³/mol. The normalized spacial score (nSPS) is 12.3. The second-order valence-corrected chi connectivity index (χ2v) is 14.7. The van der Waals surface area contributed by atoms with E-state index in [1.807, 2.05) is 91.9 Å². The van der Waals surface area contributed by atoms with Crippen LogP contribution < -0.4 is 9.47 Å². The third-order valence-electron chi connectivity index (χ3n) is 10.2. The van der Waals surface area contributed by atoms with E-state index in [4.69, 9.17) is 14.2 Å². The van der Waals surface area contributed by atoms with E-state index in [9.17, 15) is 40.7 Å². The van der Waals surface area contributed by atoms with Crippen LogP contribution in [-0.2, 0) is 49.4 Å². The molecule has 0 aliphatic carbocycles. The highest BCUT2D eigenvalue weighted by atomic mass is 19.4. The topological polar surface area (TPSA) is 88.1 Å². The van der Waals surface area contributed by atoms with Crippen molar-refractivity contribution in [3.63, 3.8) is 0 Å². The number of esters is 2. The van der Waals surface area contributed by atoms with E-state index < -0.39 is 35.4 Å². The molecule has 0 bridgehead atoms. The van der Waals surface area contributed by atoms with E-state index in [-0.39, 0.29) is 31.3 Å². The maximum Gasteiger partial charge on any atom is 0.416 e. The van der Waals surface area contributed by atoms with Gasteiger partial charge in [0.2, 0.25) is 0 Å². The molecule has 6 aromatic carbocycles. The van der Waals surface area contributed by atoms with Gasteiger partial charge in [-0.2, -0.15) is 26.3 Å². The molecule has 0 fully saturated rings. The van der Waals surface area contributed by atoms with E-state index in [0.29, 0.717) is 41.1 Å². The van der Waals surface area contributed by atoms with Gasteiger partial charge in [0.25, 0.3) is 0 Å². The Morgan fingerprint density at radius 1 is 0.523 bits per heavy atom. The lowest BCUT2D eigenvalue weighted by Gasteiger charge is -2.13. The van der Waals surface area contributed by atoms with Gasteiger partial charge in [-0.15, -0.1) is 0 Å². The van der Waals surface area contributed by atoms with Crippen LogP contribution in [0.5, 0.6) is 11.5 Å². The number of halogens is 6. The van der Waals surface area contributed by atoms with E-state index >= 15 is 0 Å². The van der Waals surface area contributed by atoms with Crippen LogP contribution in [0.4, 0.5) is 26.3 Å². The highest BCUT2D eigenvalue weighted by Gasteiger charge is 2.31. The molecule has 0 unspecified atom stereocenters. The summed E-state index contributed by atoms with van der Waals surface area (Å²) in [5.41, 5.74) is 5.03. The third kappa shape index (κ3) is 14.7. The summed E-state index contributed by atoms with van der Waals surface area (Å²) >= 11 is 0. The Balaban J connectivity index is 0.000000244. The molecular weight excluding hydrogens is 851 g/mol. The second-order valence-electron chi connectivity index (χ2n) is 14.7. The molecule has 2 atom stereocenters. The Morgan fingerprint density at radius 3 is 1.26 bits per heavy atom. The summed E-state index contributed by atoms with van der Waals surface area (Å²) in [6, 6.07) is 39.4. The number of hydrogen-bond acceptors (Lipinski definition) is 7. The zero-order valence-corrected chi connectivity index (χ0v) is 35.7. The molecule has 0 amide bonds. The number of carbonyl (C=O) groups is 3. The summed E-state index contributed by atoms with van der Waals surface area (Å²) in [5, 5.41) is 0. The van der Waals surface area contributed by atoms with Crippen LogP contribution in [-0.4, -0.2) is 32.4 Å². The van der Waals surface area contributed by atoms with Crippen LogP contribution in [0.15, 0.2) is 158 Å². The first-order valence-corrected chi connectivity index (χ1v) is 20.3. The second kappa shape index (κ2) is 23.0. The number of ether oxygens (including phenoxy) is 4. The fourth-order valence-electron chi connectivity index (χ4n) is 6.64. The van der Waals surface area contributed by atoms with Gasteiger partial charge in [-0.05, 0) is 112 Å². The molecular formula is C52H46F6O7. The van der Waals surface area contributed by atoms with Gasteiger partial charge in [-0.3, -0.25) is 9.59 Å². The van der Waals surface area contributed by atoms with Crippen molar-refractivity contribution in [2.75, 3.05) is 14.2 Å². The molecule has 6 aromatic rings. The van der Waals surface area contributed by atoms with Gasteiger partial charge in [0.15, 0.2) is 0 Å². The molecule has 0 aliphatic rings. The van der Waals surface area contributed by atoms with Crippen LogP contribution >= 0.6 is 0 Å². The Kier molecular flexibility index (Phi) is 17.3. The zero-order chi connectivity index (χ0) is 47.0. The summed E-state index contributed by atoms with van der Waals surface area (Å²) in [7, 11) is 2.65. The minimum Gasteiger partial charge on any atom is -0.489 e. The Bertz CT molecular complexity index is 2500. The van der Waals surface area contributed by atoms with Crippen LogP contribution in [0.3, 0.4) is 0 Å². The first-order valence-electron chi connectivity index (χ1n) is 20.3. The van der Waals surface area contributed by atoms with Crippen LogP contribution in [0, 0.1) is 0 Å². The predicted octanol–water partition coefficient (Wildman–Crippen LogP) is 13.0. The molecule has 0 aliphatic heterocycles. The molecule has 65 heavy (non-hydrogen) atoms. The molecule has 0 spiro atoms. The van der Waals surface area contributed by atoms with Crippen LogP contribution in [0.25, 0.3) is 22.3 Å². The third-order valence-corrected chi connectivity index (χ3v) is 10.2. The van der Waals surface area contributed by atoms with Crippen LogP contribution in [0.2, 0.25) is 0 Å². The summed E-state index contributed by atoms with van der Waals surface area (Å²) in [4.78, 5) is 34.3. The highest BCUT2D eigenvalue weighted by Crippen LogP contribution is 2.33. The standard InChI is InChI=1S/C27H25F3O3.C25H21F3O4/c1-3-5-22(17-26(31)32-2)21-10-14-25(15-11-21)33-18-19-6-4-7-23(16-19)20-8-12-24(13-9-20)27(28,29)30;1-31-24(30)14-21(15-29)19-7-11-23(12-8-19)32-16-17-3-2-4-20(13-17)18-5-9-22(10-6-18)25(26,27)28/h3-16,22H,17-18H2,1-2H3;2-13,15,21H,14,16H2,1H3/b5-3-;/t22-;21-/m01/s1. The number of aldehydes is 1. The lowest BCUT2D eigenvalue weighted by atomic mass is 9.95.